The molecule has 0 spiro atoms. The fourth-order valence-corrected chi connectivity index (χ4v) is 4.07. The fraction of sp³-hybridized carbons (Fsp3) is 0. The van der Waals surface area contributed by atoms with Crippen molar-refractivity contribution >= 4 is 33.4 Å². The third kappa shape index (κ3) is 2.28. The number of nitrogens with zero attached hydrogens (tertiary/aromatic N) is 4. The maximum atomic E-state index is 4.86. The Kier molecular flexibility index (Phi) is 3.20. The molecule has 0 amide bonds. The largest absolute Gasteiger partial charge is 0.336 e. The van der Waals surface area contributed by atoms with E-state index in [1.165, 1.54) is 5.56 Å². The number of imidazole rings is 1. The van der Waals surface area contributed by atoms with Crippen molar-refractivity contribution in [1.82, 2.24) is 35.3 Å². The summed E-state index contributed by atoms with van der Waals surface area (Å²) in [6, 6.07) is 12.2. The number of aromatic nitrogens is 7. The molecule has 0 saturated heterocycles. The third-order valence-electron chi connectivity index (χ3n) is 4.77. The number of aromatic amines is 3. The van der Waals surface area contributed by atoms with Crippen LogP contribution in [0.3, 0.4) is 0 Å². The predicted octanol–water partition coefficient (Wildman–Crippen LogP) is 4.62. The van der Waals surface area contributed by atoms with Crippen molar-refractivity contribution in [2.45, 2.75) is 0 Å². The minimum atomic E-state index is 0.695. The Morgan fingerprint density at radius 2 is 1.89 bits per heavy atom. The number of nitrogens with one attached hydrogen (secondary N) is 3. The third-order valence-corrected chi connectivity index (χ3v) is 5.45. The van der Waals surface area contributed by atoms with Gasteiger partial charge in [-0.2, -0.15) is 21.5 Å². The summed E-state index contributed by atoms with van der Waals surface area (Å²) in [6.07, 6.45) is 3.57. The highest BCUT2D eigenvalue weighted by Crippen LogP contribution is 2.32. The lowest BCUT2D eigenvalue weighted by Crippen LogP contribution is -1.86. The van der Waals surface area contributed by atoms with Gasteiger partial charge < -0.3 is 4.98 Å². The summed E-state index contributed by atoms with van der Waals surface area (Å²) >= 11 is 1.68. The zero-order chi connectivity index (χ0) is 18.5. The van der Waals surface area contributed by atoms with Crippen LogP contribution in [0.2, 0.25) is 0 Å². The van der Waals surface area contributed by atoms with Crippen molar-refractivity contribution in [2.75, 3.05) is 0 Å². The first-order valence-electron chi connectivity index (χ1n) is 8.73. The Morgan fingerprint density at radius 3 is 2.75 bits per heavy atom. The van der Waals surface area contributed by atoms with Crippen molar-refractivity contribution in [1.29, 1.82) is 0 Å². The Morgan fingerprint density at radius 1 is 0.893 bits per heavy atom. The van der Waals surface area contributed by atoms with Gasteiger partial charge in [0.15, 0.2) is 11.5 Å². The number of rotatable bonds is 3. The highest BCUT2D eigenvalue weighted by atomic mass is 32.1. The van der Waals surface area contributed by atoms with Gasteiger partial charge in [0.2, 0.25) is 0 Å². The number of thiophene rings is 1. The van der Waals surface area contributed by atoms with E-state index in [1.807, 2.05) is 30.5 Å². The minimum absolute atomic E-state index is 0.695. The standard InChI is InChI=1S/C20H13N7S/c1-2-13(11-6-7-28-10-11)17-15(3-1)24-20(25-17)19-18-16(26-27-19)5-4-14(23-18)12-8-21-22-9-12/h1-10H,(H,21,22)(H,24,25)(H,26,27). The van der Waals surface area contributed by atoms with Crippen LogP contribution < -0.4 is 0 Å². The number of hydrogen-bond acceptors (Lipinski definition) is 5. The van der Waals surface area contributed by atoms with Gasteiger partial charge in [0, 0.05) is 17.3 Å². The second kappa shape index (κ2) is 5.86. The first-order chi connectivity index (χ1) is 13.9. The summed E-state index contributed by atoms with van der Waals surface area (Å²) in [6.45, 7) is 0. The van der Waals surface area contributed by atoms with E-state index < -0.39 is 0 Å². The van der Waals surface area contributed by atoms with Crippen LogP contribution in [0.5, 0.6) is 0 Å². The van der Waals surface area contributed by atoms with E-state index >= 15 is 0 Å². The fourth-order valence-electron chi connectivity index (χ4n) is 3.41. The van der Waals surface area contributed by atoms with Crippen LogP contribution in [0.4, 0.5) is 0 Å². The van der Waals surface area contributed by atoms with Crippen LogP contribution in [0.25, 0.3) is 56.0 Å². The molecule has 0 bridgehead atoms. The van der Waals surface area contributed by atoms with Gasteiger partial charge in [0.25, 0.3) is 0 Å². The smallest absolute Gasteiger partial charge is 0.161 e. The Hall–Kier alpha value is -3.78. The predicted molar refractivity (Wildman–Crippen MR) is 110 cm³/mol. The summed E-state index contributed by atoms with van der Waals surface area (Å²) in [5, 5.41) is 18.6. The van der Waals surface area contributed by atoms with Gasteiger partial charge in [0.1, 0.15) is 5.52 Å². The van der Waals surface area contributed by atoms with Gasteiger partial charge in [-0.3, -0.25) is 10.2 Å². The summed E-state index contributed by atoms with van der Waals surface area (Å²) in [5.74, 6) is 0.695. The summed E-state index contributed by atoms with van der Waals surface area (Å²) in [5.41, 5.74) is 8.27. The van der Waals surface area contributed by atoms with E-state index in [2.05, 4.69) is 48.3 Å². The Labute approximate surface area is 162 Å². The molecule has 6 rings (SSSR count). The summed E-state index contributed by atoms with van der Waals surface area (Å²) < 4.78 is 0. The summed E-state index contributed by atoms with van der Waals surface area (Å²) in [7, 11) is 0. The molecular formula is C20H13N7S. The van der Waals surface area contributed by atoms with Gasteiger partial charge in [-0.15, -0.1) is 0 Å². The molecule has 8 heteroatoms. The van der Waals surface area contributed by atoms with Gasteiger partial charge in [0.05, 0.1) is 28.4 Å². The Bertz CT molecular complexity index is 1410. The van der Waals surface area contributed by atoms with Crippen LogP contribution in [-0.4, -0.2) is 35.3 Å². The van der Waals surface area contributed by atoms with E-state index in [9.17, 15) is 0 Å². The Balaban J connectivity index is 1.55. The van der Waals surface area contributed by atoms with Crippen LogP contribution in [-0.2, 0) is 0 Å². The van der Waals surface area contributed by atoms with Gasteiger partial charge >= 0.3 is 0 Å². The SMILES string of the molecule is c1cc(-c2ccsc2)c2nc(-c3n[nH]c4ccc(-c5cn[nH]c5)nc34)[nH]c2c1. The molecule has 0 aliphatic heterocycles. The molecule has 134 valence electrons. The summed E-state index contributed by atoms with van der Waals surface area (Å²) in [4.78, 5) is 13.0. The number of H-pyrrole nitrogens is 3. The molecule has 0 saturated carbocycles. The van der Waals surface area contributed by atoms with Crippen LogP contribution in [0.15, 0.2) is 59.6 Å². The van der Waals surface area contributed by atoms with E-state index in [1.54, 1.807) is 17.5 Å². The molecule has 5 heterocycles. The van der Waals surface area contributed by atoms with E-state index in [0.717, 1.165) is 38.9 Å². The van der Waals surface area contributed by atoms with Gasteiger partial charge in [-0.05, 0) is 40.6 Å². The molecule has 0 aliphatic rings. The van der Waals surface area contributed by atoms with Crippen LogP contribution in [0.1, 0.15) is 0 Å². The molecule has 28 heavy (non-hydrogen) atoms. The molecule has 5 aromatic heterocycles. The van der Waals surface area contributed by atoms with Crippen molar-refractivity contribution in [3.05, 3.63) is 59.6 Å². The topological polar surface area (TPSA) is 98.9 Å². The first kappa shape index (κ1) is 15.3. The van der Waals surface area contributed by atoms with E-state index in [-0.39, 0.29) is 0 Å². The molecule has 0 aliphatic carbocycles. The molecule has 3 N–H and O–H groups in total. The average molecular weight is 383 g/mol. The normalized spacial score (nSPS) is 11.6. The number of benzene rings is 1. The number of para-hydroxylation sites is 1. The van der Waals surface area contributed by atoms with Crippen molar-refractivity contribution in [3.8, 4) is 33.9 Å². The van der Waals surface area contributed by atoms with Crippen molar-refractivity contribution < 1.29 is 0 Å². The maximum absolute atomic E-state index is 4.86. The van der Waals surface area contributed by atoms with Crippen molar-refractivity contribution in [3.63, 3.8) is 0 Å². The lowest BCUT2D eigenvalue weighted by molar-refractivity contribution is 1.09. The number of hydrogen-bond donors (Lipinski definition) is 3. The molecule has 0 radical (unpaired) electrons. The minimum Gasteiger partial charge on any atom is -0.336 e. The van der Waals surface area contributed by atoms with Crippen LogP contribution >= 0.6 is 11.3 Å². The first-order valence-corrected chi connectivity index (χ1v) is 9.67. The molecule has 0 fully saturated rings. The lowest BCUT2D eigenvalue weighted by atomic mass is 10.1. The highest BCUT2D eigenvalue weighted by molar-refractivity contribution is 7.08. The number of fused-ring (bicyclic) bond motifs is 2. The monoisotopic (exact) mass is 383 g/mol. The number of pyridine rings is 1. The molecular weight excluding hydrogens is 370 g/mol. The van der Waals surface area contributed by atoms with Crippen LogP contribution in [0, 0.1) is 0 Å². The van der Waals surface area contributed by atoms with Crippen molar-refractivity contribution in [2.24, 2.45) is 0 Å². The molecule has 0 atom stereocenters. The van der Waals surface area contributed by atoms with Gasteiger partial charge in [-0.1, -0.05) is 12.1 Å². The second-order valence-corrected chi connectivity index (χ2v) is 7.23. The van der Waals surface area contributed by atoms with E-state index in [4.69, 9.17) is 9.97 Å². The molecule has 1 aromatic carbocycles. The lowest BCUT2D eigenvalue weighted by Gasteiger charge is -1.98. The molecule has 6 aromatic rings. The zero-order valence-corrected chi connectivity index (χ0v) is 15.3. The molecule has 0 unspecified atom stereocenters. The average Bonchev–Trinajstić information content (AvgIpc) is 3.53. The second-order valence-electron chi connectivity index (χ2n) is 6.45. The molecule has 7 nitrogen and oxygen atoms in total. The highest BCUT2D eigenvalue weighted by Gasteiger charge is 2.17. The van der Waals surface area contributed by atoms with E-state index in [0.29, 0.717) is 11.5 Å². The quantitative estimate of drug-likeness (QED) is 0.415. The van der Waals surface area contributed by atoms with Gasteiger partial charge in [-0.25, -0.2) is 9.97 Å². The maximum Gasteiger partial charge on any atom is 0.161 e. The zero-order valence-electron chi connectivity index (χ0n) is 14.5.